The molecule has 3 amide bonds. The van der Waals surface area contributed by atoms with E-state index in [1.54, 1.807) is 18.2 Å². The molecule has 0 radical (unpaired) electrons. The molecule has 1 heterocycles. The third-order valence-corrected chi connectivity index (χ3v) is 4.52. The molecule has 9 heteroatoms. The lowest BCUT2D eigenvalue weighted by Crippen LogP contribution is -2.33. The normalized spacial score (nSPS) is 14.4. The Balaban J connectivity index is 1.88. The number of imide groups is 1. The van der Waals surface area contributed by atoms with Gasteiger partial charge in [0, 0.05) is 28.6 Å². The second-order valence-corrected chi connectivity index (χ2v) is 6.87. The molecule has 1 saturated heterocycles. The number of benzene rings is 1. The first-order valence-corrected chi connectivity index (χ1v) is 8.30. The fraction of sp³-hybridized carbons (Fsp3) is 0.231. The number of nitrogens with one attached hydrogen (secondary N) is 1. The number of nitrogens with zero attached hydrogens (tertiary/aromatic N) is 1. The number of carbonyl (C=O) groups excluding carboxylic acids is 3. The minimum Gasteiger partial charge on any atom is -0.325 e. The molecule has 116 valence electrons. The number of likely N-dealkylation sites (tertiary alicyclic amines) is 1. The van der Waals surface area contributed by atoms with Gasteiger partial charge in [0.25, 0.3) is 0 Å². The number of anilines is 1. The minimum absolute atomic E-state index is 0.0278. The van der Waals surface area contributed by atoms with Crippen LogP contribution >= 0.6 is 47.2 Å². The molecule has 5 nitrogen and oxygen atoms in total. The van der Waals surface area contributed by atoms with Gasteiger partial charge >= 0.3 is 0 Å². The molecule has 0 aromatic heterocycles. The van der Waals surface area contributed by atoms with E-state index in [0.29, 0.717) is 15.7 Å². The Labute approximate surface area is 146 Å². The molecule has 0 bridgehead atoms. The summed E-state index contributed by atoms with van der Waals surface area (Å²) in [5.41, 5.74) is 0.461. The number of rotatable bonds is 3. The Hall–Kier alpha value is -1.15. The highest BCUT2D eigenvalue weighted by Gasteiger charge is 2.32. The molecule has 2 rings (SSSR count). The first kappa shape index (κ1) is 17.2. The standard InChI is InChI=1S/C13H10Cl2N2O3S2/c14-7-3-8(15)5-9(4-7)16-10(18)6-22-13(21)17-11(19)1-2-12(17)20/h3-5H,1-2,6H2,(H,16,18). The summed E-state index contributed by atoms with van der Waals surface area (Å²) in [4.78, 5) is 35.8. The molecule has 1 aliphatic heterocycles. The van der Waals surface area contributed by atoms with Crippen LogP contribution in [0.25, 0.3) is 0 Å². The maximum absolute atomic E-state index is 11.9. The molecular weight excluding hydrogens is 367 g/mol. The van der Waals surface area contributed by atoms with Gasteiger partial charge in [0.1, 0.15) is 4.32 Å². The topological polar surface area (TPSA) is 66.5 Å². The molecule has 0 spiro atoms. The van der Waals surface area contributed by atoms with Crippen LogP contribution in [0.2, 0.25) is 10.0 Å². The quantitative estimate of drug-likeness (QED) is 0.648. The second kappa shape index (κ2) is 7.41. The number of amides is 3. The summed E-state index contributed by atoms with van der Waals surface area (Å²) >= 11 is 17.6. The summed E-state index contributed by atoms with van der Waals surface area (Å²) in [6.45, 7) is 0. The van der Waals surface area contributed by atoms with E-state index in [2.05, 4.69) is 5.32 Å². The van der Waals surface area contributed by atoms with E-state index in [9.17, 15) is 14.4 Å². The Morgan fingerprint density at radius 2 is 1.73 bits per heavy atom. The van der Waals surface area contributed by atoms with E-state index < -0.39 is 0 Å². The summed E-state index contributed by atoms with van der Waals surface area (Å²) in [5.74, 6) is -1.03. The van der Waals surface area contributed by atoms with Gasteiger partial charge in [0.2, 0.25) is 17.7 Å². The largest absolute Gasteiger partial charge is 0.325 e. The van der Waals surface area contributed by atoms with Crippen molar-refractivity contribution in [1.29, 1.82) is 0 Å². The fourth-order valence-electron chi connectivity index (χ4n) is 1.80. The second-order valence-electron chi connectivity index (χ2n) is 4.38. The van der Waals surface area contributed by atoms with Gasteiger partial charge < -0.3 is 5.32 Å². The van der Waals surface area contributed by atoms with Crippen LogP contribution in [0.5, 0.6) is 0 Å². The Bertz CT molecular complexity index is 630. The lowest BCUT2D eigenvalue weighted by molar-refractivity contribution is -0.133. The van der Waals surface area contributed by atoms with Crippen LogP contribution in [0.15, 0.2) is 18.2 Å². The van der Waals surface area contributed by atoms with Crippen molar-refractivity contribution in [1.82, 2.24) is 4.90 Å². The SMILES string of the molecule is O=C(CSC(=S)N1C(=O)CCC1=O)Nc1cc(Cl)cc(Cl)c1. The lowest BCUT2D eigenvalue weighted by Gasteiger charge is -2.14. The number of hydrogen-bond acceptors (Lipinski definition) is 5. The van der Waals surface area contributed by atoms with E-state index >= 15 is 0 Å². The van der Waals surface area contributed by atoms with Crippen molar-refractivity contribution in [3.63, 3.8) is 0 Å². The minimum atomic E-state index is -0.343. The van der Waals surface area contributed by atoms with Gasteiger partial charge in [-0.05, 0) is 18.2 Å². The predicted molar refractivity (Wildman–Crippen MR) is 91.2 cm³/mol. The van der Waals surface area contributed by atoms with E-state index in [0.717, 1.165) is 16.7 Å². The monoisotopic (exact) mass is 376 g/mol. The summed E-state index contributed by atoms with van der Waals surface area (Å²) in [6.07, 6.45) is 0.319. The number of carbonyl (C=O) groups is 3. The maximum atomic E-state index is 11.9. The molecule has 1 aromatic rings. The van der Waals surface area contributed by atoms with Crippen LogP contribution in [0.3, 0.4) is 0 Å². The smallest absolute Gasteiger partial charge is 0.235 e. The number of thioether (sulfide) groups is 1. The molecule has 1 N–H and O–H groups in total. The fourth-order valence-corrected chi connectivity index (χ4v) is 3.36. The molecule has 22 heavy (non-hydrogen) atoms. The van der Waals surface area contributed by atoms with E-state index in [4.69, 9.17) is 35.4 Å². The summed E-state index contributed by atoms with van der Waals surface area (Å²) in [6, 6.07) is 4.66. The molecule has 0 unspecified atom stereocenters. The van der Waals surface area contributed by atoms with Gasteiger partial charge in [0.05, 0.1) is 5.75 Å². The Morgan fingerprint density at radius 1 is 1.18 bits per heavy atom. The predicted octanol–water partition coefficient (Wildman–Crippen LogP) is 3.10. The van der Waals surface area contributed by atoms with Gasteiger partial charge in [-0.1, -0.05) is 47.2 Å². The molecule has 1 aliphatic rings. The summed E-state index contributed by atoms with van der Waals surface area (Å²) in [7, 11) is 0. The van der Waals surface area contributed by atoms with Crippen molar-refractivity contribution in [2.24, 2.45) is 0 Å². The van der Waals surface area contributed by atoms with Crippen molar-refractivity contribution < 1.29 is 14.4 Å². The van der Waals surface area contributed by atoms with Crippen molar-refractivity contribution in [3.8, 4) is 0 Å². The highest BCUT2D eigenvalue weighted by molar-refractivity contribution is 8.23. The van der Waals surface area contributed by atoms with Crippen LogP contribution in [-0.4, -0.2) is 32.7 Å². The molecular formula is C13H10Cl2N2O3S2. The maximum Gasteiger partial charge on any atom is 0.235 e. The third kappa shape index (κ3) is 4.42. The average Bonchev–Trinajstić information content (AvgIpc) is 2.74. The van der Waals surface area contributed by atoms with E-state index in [1.165, 1.54) is 0 Å². The Kier molecular flexibility index (Phi) is 5.80. The van der Waals surface area contributed by atoms with Gasteiger partial charge in [-0.25, -0.2) is 4.90 Å². The highest BCUT2D eigenvalue weighted by atomic mass is 35.5. The van der Waals surface area contributed by atoms with Gasteiger partial charge in [-0.3, -0.25) is 14.4 Å². The zero-order valence-corrected chi connectivity index (χ0v) is 14.2. The highest BCUT2D eigenvalue weighted by Crippen LogP contribution is 2.23. The van der Waals surface area contributed by atoms with Crippen LogP contribution in [0.4, 0.5) is 5.69 Å². The molecule has 1 fully saturated rings. The van der Waals surface area contributed by atoms with Crippen LogP contribution in [-0.2, 0) is 14.4 Å². The first-order chi connectivity index (χ1) is 10.4. The summed E-state index contributed by atoms with van der Waals surface area (Å²) in [5, 5.41) is 3.42. The van der Waals surface area contributed by atoms with Crippen molar-refractivity contribution >= 4 is 74.9 Å². The van der Waals surface area contributed by atoms with Gasteiger partial charge in [-0.15, -0.1) is 0 Å². The lowest BCUT2D eigenvalue weighted by atomic mass is 10.3. The molecule has 0 atom stereocenters. The van der Waals surface area contributed by atoms with E-state index in [-0.39, 0.29) is 40.6 Å². The van der Waals surface area contributed by atoms with Crippen molar-refractivity contribution in [3.05, 3.63) is 28.2 Å². The van der Waals surface area contributed by atoms with Crippen LogP contribution in [0.1, 0.15) is 12.8 Å². The summed E-state index contributed by atoms with van der Waals surface area (Å²) < 4.78 is 0.0896. The zero-order valence-electron chi connectivity index (χ0n) is 11.1. The molecule has 1 aromatic carbocycles. The number of halogens is 2. The number of hydrogen-bond donors (Lipinski definition) is 1. The van der Waals surface area contributed by atoms with Crippen LogP contribution < -0.4 is 5.32 Å². The van der Waals surface area contributed by atoms with Crippen molar-refractivity contribution in [2.75, 3.05) is 11.1 Å². The van der Waals surface area contributed by atoms with Gasteiger partial charge in [-0.2, -0.15) is 0 Å². The Morgan fingerprint density at radius 3 is 2.27 bits per heavy atom. The number of thiocarbonyl (C=S) groups is 1. The first-order valence-electron chi connectivity index (χ1n) is 6.15. The van der Waals surface area contributed by atoms with Crippen LogP contribution in [0, 0.1) is 0 Å². The molecule has 0 aliphatic carbocycles. The van der Waals surface area contributed by atoms with Crippen molar-refractivity contribution in [2.45, 2.75) is 12.8 Å². The van der Waals surface area contributed by atoms with E-state index in [1.807, 2.05) is 0 Å². The third-order valence-electron chi connectivity index (χ3n) is 2.71. The van der Waals surface area contributed by atoms with Gasteiger partial charge in [0.15, 0.2) is 0 Å². The average molecular weight is 377 g/mol. The molecule has 0 saturated carbocycles. The zero-order chi connectivity index (χ0) is 16.3.